The van der Waals surface area contributed by atoms with E-state index in [0.717, 1.165) is 16.4 Å². The highest BCUT2D eigenvalue weighted by Gasteiger charge is 2.11. The lowest BCUT2D eigenvalue weighted by Crippen LogP contribution is -1.87. The second-order valence-electron chi connectivity index (χ2n) is 3.04. The van der Waals surface area contributed by atoms with Crippen LogP contribution in [0.1, 0.15) is 0 Å². The van der Waals surface area contributed by atoms with Crippen LogP contribution in [0, 0.1) is 0 Å². The molecule has 0 atom stereocenters. The summed E-state index contributed by atoms with van der Waals surface area (Å²) in [6.45, 7) is 0. The molecule has 1 N–H and O–H groups in total. The van der Waals surface area contributed by atoms with Crippen molar-refractivity contribution in [2.24, 2.45) is 0 Å². The van der Waals surface area contributed by atoms with Crippen LogP contribution in [0.25, 0.3) is 11.3 Å². The fourth-order valence-electron chi connectivity index (χ4n) is 1.25. The predicted molar refractivity (Wildman–Crippen MR) is 72.1 cm³/mol. The SMILES string of the molecule is CNc1nc(-c2cc(Cl)cc(Cl)c2Cl)cs1. The Bertz CT molecular complexity index is 525. The maximum atomic E-state index is 6.11. The standard InChI is InChI=1S/C10H7Cl3N2S/c1-14-10-15-8(4-16-10)6-2-5(11)3-7(12)9(6)13/h2-4H,1H3,(H,14,15). The molecule has 1 aromatic heterocycles. The lowest BCUT2D eigenvalue weighted by Gasteiger charge is -2.03. The molecular formula is C10H7Cl3N2S. The molecule has 2 nitrogen and oxygen atoms in total. The second kappa shape index (κ2) is 4.80. The molecule has 0 radical (unpaired) electrons. The largest absolute Gasteiger partial charge is 0.365 e. The predicted octanol–water partition coefficient (Wildman–Crippen LogP) is 4.81. The van der Waals surface area contributed by atoms with Gasteiger partial charge in [-0.3, -0.25) is 0 Å². The first-order chi connectivity index (χ1) is 7.61. The minimum Gasteiger partial charge on any atom is -0.365 e. The number of halogens is 3. The molecule has 0 saturated carbocycles. The molecule has 0 spiro atoms. The van der Waals surface area contributed by atoms with Gasteiger partial charge in [0.2, 0.25) is 0 Å². The van der Waals surface area contributed by atoms with Gasteiger partial charge in [0.1, 0.15) is 0 Å². The average molecular weight is 294 g/mol. The first-order valence-electron chi connectivity index (χ1n) is 4.40. The van der Waals surface area contributed by atoms with E-state index < -0.39 is 0 Å². The van der Waals surface area contributed by atoms with Crippen molar-refractivity contribution in [2.45, 2.75) is 0 Å². The van der Waals surface area contributed by atoms with Crippen molar-refractivity contribution in [1.29, 1.82) is 0 Å². The maximum Gasteiger partial charge on any atom is 0.182 e. The monoisotopic (exact) mass is 292 g/mol. The molecule has 2 rings (SSSR count). The lowest BCUT2D eigenvalue weighted by atomic mass is 10.2. The number of anilines is 1. The average Bonchev–Trinajstić information content (AvgIpc) is 2.71. The highest BCUT2D eigenvalue weighted by Crippen LogP contribution is 2.37. The summed E-state index contributed by atoms with van der Waals surface area (Å²) in [5.74, 6) is 0. The molecule has 84 valence electrons. The third-order valence-corrected chi connectivity index (χ3v) is 3.87. The lowest BCUT2D eigenvalue weighted by molar-refractivity contribution is 1.36. The fraction of sp³-hybridized carbons (Fsp3) is 0.100. The van der Waals surface area contributed by atoms with Crippen LogP contribution in [-0.2, 0) is 0 Å². The van der Waals surface area contributed by atoms with E-state index in [0.29, 0.717) is 15.1 Å². The molecule has 0 saturated heterocycles. The first-order valence-corrected chi connectivity index (χ1v) is 6.41. The van der Waals surface area contributed by atoms with Crippen molar-refractivity contribution in [3.05, 3.63) is 32.6 Å². The Morgan fingerprint density at radius 2 is 2.00 bits per heavy atom. The van der Waals surface area contributed by atoms with Crippen molar-refractivity contribution in [1.82, 2.24) is 4.98 Å². The topological polar surface area (TPSA) is 24.9 Å². The van der Waals surface area contributed by atoms with Crippen LogP contribution in [0.4, 0.5) is 5.13 Å². The minimum absolute atomic E-state index is 0.433. The van der Waals surface area contributed by atoms with E-state index in [1.807, 2.05) is 12.4 Å². The van der Waals surface area contributed by atoms with Crippen LogP contribution in [0.3, 0.4) is 0 Å². The third-order valence-electron chi connectivity index (χ3n) is 1.99. The number of nitrogens with one attached hydrogen (secondary N) is 1. The molecular weight excluding hydrogens is 287 g/mol. The van der Waals surface area contributed by atoms with Crippen LogP contribution in [0.15, 0.2) is 17.5 Å². The number of rotatable bonds is 2. The van der Waals surface area contributed by atoms with Crippen LogP contribution in [0.2, 0.25) is 15.1 Å². The molecule has 2 aromatic rings. The van der Waals surface area contributed by atoms with Crippen molar-refractivity contribution >= 4 is 51.3 Å². The van der Waals surface area contributed by atoms with Gasteiger partial charge in [0.05, 0.1) is 15.7 Å². The van der Waals surface area contributed by atoms with Gasteiger partial charge in [-0.1, -0.05) is 34.8 Å². The zero-order chi connectivity index (χ0) is 11.7. The van der Waals surface area contributed by atoms with Crippen molar-refractivity contribution < 1.29 is 0 Å². The molecule has 16 heavy (non-hydrogen) atoms. The molecule has 0 amide bonds. The van der Waals surface area contributed by atoms with Crippen LogP contribution in [0.5, 0.6) is 0 Å². The normalized spacial score (nSPS) is 10.5. The third kappa shape index (κ3) is 2.28. The Hall–Kier alpha value is -0.480. The minimum atomic E-state index is 0.433. The Labute approximate surface area is 112 Å². The van der Waals surface area contributed by atoms with Gasteiger partial charge >= 0.3 is 0 Å². The number of hydrogen-bond donors (Lipinski definition) is 1. The molecule has 1 aromatic carbocycles. The Kier molecular flexibility index (Phi) is 3.60. The number of benzene rings is 1. The van der Waals surface area contributed by atoms with Gasteiger partial charge in [-0.05, 0) is 12.1 Å². The van der Waals surface area contributed by atoms with E-state index in [1.54, 1.807) is 12.1 Å². The molecule has 0 bridgehead atoms. The van der Waals surface area contributed by atoms with Gasteiger partial charge in [0, 0.05) is 23.0 Å². The van der Waals surface area contributed by atoms with E-state index in [1.165, 1.54) is 11.3 Å². The zero-order valence-electron chi connectivity index (χ0n) is 8.22. The van der Waals surface area contributed by atoms with Gasteiger partial charge in [-0.25, -0.2) is 4.98 Å². The van der Waals surface area contributed by atoms with E-state index in [9.17, 15) is 0 Å². The Morgan fingerprint density at radius 1 is 1.25 bits per heavy atom. The molecule has 6 heteroatoms. The highest BCUT2D eigenvalue weighted by atomic mass is 35.5. The Morgan fingerprint density at radius 3 is 2.62 bits per heavy atom. The summed E-state index contributed by atoms with van der Waals surface area (Å²) >= 11 is 19.5. The van der Waals surface area contributed by atoms with Crippen LogP contribution < -0.4 is 5.32 Å². The quantitative estimate of drug-likeness (QED) is 0.804. The molecule has 0 fully saturated rings. The Balaban J connectivity index is 2.54. The molecule has 1 heterocycles. The van der Waals surface area contributed by atoms with E-state index in [4.69, 9.17) is 34.8 Å². The summed E-state index contributed by atoms with van der Waals surface area (Å²) in [5.41, 5.74) is 1.51. The van der Waals surface area contributed by atoms with Crippen molar-refractivity contribution in [3.8, 4) is 11.3 Å². The highest BCUT2D eigenvalue weighted by molar-refractivity contribution is 7.14. The summed E-state index contributed by atoms with van der Waals surface area (Å²) in [4.78, 5) is 4.35. The van der Waals surface area contributed by atoms with Crippen molar-refractivity contribution in [3.63, 3.8) is 0 Å². The van der Waals surface area contributed by atoms with Crippen LogP contribution in [-0.4, -0.2) is 12.0 Å². The number of hydrogen-bond acceptors (Lipinski definition) is 3. The molecule has 0 aliphatic carbocycles. The van der Waals surface area contributed by atoms with E-state index in [-0.39, 0.29) is 0 Å². The maximum absolute atomic E-state index is 6.11. The van der Waals surface area contributed by atoms with Crippen LogP contribution >= 0.6 is 46.1 Å². The number of aromatic nitrogens is 1. The second-order valence-corrected chi connectivity index (χ2v) is 5.12. The summed E-state index contributed by atoms with van der Waals surface area (Å²) in [5, 5.41) is 7.14. The van der Waals surface area contributed by atoms with Gasteiger partial charge < -0.3 is 5.32 Å². The fourth-order valence-corrected chi connectivity index (χ4v) is 2.63. The molecule has 0 aliphatic rings. The summed E-state index contributed by atoms with van der Waals surface area (Å²) in [7, 11) is 1.81. The van der Waals surface area contributed by atoms with E-state index in [2.05, 4.69) is 10.3 Å². The summed E-state index contributed by atoms with van der Waals surface area (Å²) in [6, 6.07) is 3.37. The number of nitrogens with zero attached hydrogens (tertiary/aromatic N) is 1. The summed E-state index contributed by atoms with van der Waals surface area (Å²) < 4.78 is 0. The van der Waals surface area contributed by atoms with E-state index >= 15 is 0 Å². The zero-order valence-corrected chi connectivity index (χ0v) is 11.3. The van der Waals surface area contributed by atoms with Gasteiger partial charge in [-0.15, -0.1) is 11.3 Å². The van der Waals surface area contributed by atoms with Gasteiger partial charge in [-0.2, -0.15) is 0 Å². The molecule has 0 unspecified atom stereocenters. The van der Waals surface area contributed by atoms with Gasteiger partial charge in [0.25, 0.3) is 0 Å². The smallest absolute Gasteiger partial charge is 0.182 e. The van der Waals surface area contributed by atoms with Crippen molar-refractivity contribution in [2.75, 3.05) is 12.4 Å². The first kappa shape index (κ1) is 12.0. The van der Waals surface area contributed by atoms with Gasteiger partial charge in [0.15, 0.2) is 5.13 Å². The number of thiazole rings is 1. The summed E-state index contributed by atoms with van der Waals surface area (Å²) in [6.07, 6.45) is 0. The molecule has 0 aliphatic heterocycles.